The first-order valence-corrected chi connectivity index (χ1v) is 5.71. The fourth-order valence-electron chi connectivity index (χ4n) is 1.80. The zero-order chi connectivity index (χ0) is 13.8. The van der Waals surface area contributed by atoms with Crippen LogP contribution in [0, 0.1) is 11.6 Å². The van der Waals surface area contributed by atoms with E-state index in [2.05, 4.69) is 5.32 Å². The van der Waals surface area contributed by atoms with Gasteiger partial charge in [0.2, 0.25) is 0 Å². The van der Waals surface area contributed by atoms with Crippen molar-refractivity contribution in [2.45, 2.75) is 6.04 Å². The maximum absolute atomic E-state index is 13.5. The average molecular weight is 265 g/mol. The molecule has 19 heavy (non-hydrogen) atoms. The summed E-state index contributed by atoms with van der Waals surface area (Å²) in [6.07, 6.45) is 0. The van der Waals surface area contributed by atoms with Gasteiger partial charge < -0.3 is 15.5 Å². The molecular formula is C14H13F2NO2. The number of aliphatic hydroxyl groups excluding tert-OH is 1. The highest BCUT2D eigenvalue weighted by Crippen LogP contribution is 2.25. The molecule has 0 radical (unpaired) electrons. The minimum absolute atomic E-state index is 0.199. The number of rotatable bonds is 4. The van der Waals surface area contributed by atoms with Crippen LogP contribution in [0.5, 0.6) is 5.75 Å². The normalized spacial score (nSPS) is 12.2. The van der Waals surface area contributed by atoms with Gasteiger partial charge in [-0.05, 0) is 29.8 Å². The van der Waals surface area contributed by atoms with Gasteiger partial charge in [-0.2, -0.15) is 0 Å². The van der Waals surface area contributed by atoms with Crippen molar-refractivity contribution in [1.82, 2.24) is 0 Å². The summed E-state index contributed by atoms with van der Waals surface area (Å²) in [6, 6.07) is 8.72. The summed E-state index contributed by atoms with van der Waals surface area (Å²) in [7, 11) is 0. The molecule has 1 atom stereocenters. The number of aromatic hydroxyl groups is 1. The molecule has 2 aromatic carbocycles. The highest BCUT2D eigenvalue weighted by molar-refractivity contribution is 5.47. The van der Waals surface area contributed by atoms with E-state index < -0.39 is 17.7 Å². The predicted octanol–water partition coefficient (Wildman–Crippen LogP) is 2.82. The summed E-state index contributed by atoms with van der Waals surface area (Å²) < 4.78 is 26.7. The van der Waals surface area contributed by atoms with Crippen molar-refractivity contribution in [3.8, 4) is 5.75 Å². The number of phenols is 1. The van der Waals surface area contributed by atoms with Crippen LogP contribution in [0.25, 0.3) is 0 Å². The van der Waals surface area contributed by atoms with Gasteiger partial charge >= 0.3 is 0 Å². The third kappa shape index (κ3) is 3.20. The molecule has 0 heterocycles. The molecule has 2 rings (SSSR count). The SMILES string of the molecule is OCC(Nc1ccccc1F)c1cc(O)cc(F)c1. The van der Waals surface area contributed by atoms with E-state index in [1.54, 1.807) is 12.1 Å². The Morgan fingerprint density at radius 3 is 2.47 bits per heavy atom. The third-order valence-corrected chi connectivity index (χ3v) is 2.69. The van der Waals surface area contributed by atoms with E-state index in [0.717, 1.165) is 6.07 Å². The first-order valence-electron chi connectivity index (χ1n) is 5.71. The second-order valence-electron chi connectivity index (χ2n) is 4.10. The first-order chi connectivity index (χ1) is 9.10. The van der Waals surface area contributed by atoms with Crippen molar-refractivity contribution in [3.63, 3.8) is 0 Å². The third-order valence-electron chi connectivity index (χ3n) is 2.69. The molecule has 0 aliphatic carbocycles. The van der Waals surface area contributed by atoms with Crippen molar-refractivity contribution in [2.24, 2.45) is 0 Å². The summed E-state index contributed by atoms with van der Waals surface area (Å²) in [5.74, 6) is -1.34. The Kier molecular flexibility index (Phi) is 3.97. The zero-order valence-electron chi connectivity index (χ0n) is 9.98. The van der Waals surface area contributed by atoms with Crippen LogP contribution >= 0.6 is 0 Å². The smallest absolute Gasteiger partial charge is 0.146 e. The van der Waals surface area contributed by atoms with Crippen molar-refractivity contribution in [1.29, 1.82) is 0 Å². The minimum Gasteiger partial charge on any atom is -0.508 e. The van der Waals surface area contributed by atoms with Crippen molar-refractivity contribution in [3.05, 3.63) is 59.7 Å². The average Bonchev–Trinajstić information content (AvgIpc) is 2.36. The van der Waals surface area contributed by atoms with Crippen LogP contribution in [0.3, 0.4) is 0 Å². The zero-order valence-corrected chi connectivity index (χ0v) is 9.98. The number of para-hydroxylation sites is 1. The number of hydrogen-bond acceptors (Lipinski definition) is 3. The van der Waals surface area contributed by atoms with Gasteiger partial charge in [-0.3, -0.25) is 0 Å². The van der Waals surface area contributed by atoms with Crippen LogP contribution in [0.15, 0.2) is 42.5 Å². The monoisotopic (exact) mass is 265 g/mol. The minimum atomic E-state index is -0.710. The van der Waals surface area contributed by atoms with E-state index in [1.807, 2.05) is 0 Å². The highest BCUT2D eigenvalue weighted by Gasteiger charge is 2.14. The lowest BCUT2D eigenvalue weighted by molar-refractivity contribution is 0.275. The number of anilines is 1. The summed E-state index contributed by atoms with van der Waals surface area (Å²) in [5, 5.41) is 21.4. The van der Waals surface area contributed by atoms with Gasteiger partial charge in [0.15, 0.2) is 0 Å². The molecule has 0 bridgehead atoms. The predicted molar refractivity (Wildman–Crippen MR) is 67.9 cm³/mol. The van der Waals surface area contributed by atoms with E-state index in [-0.39, 0.29) is 18.0 Å². The van der Waals surface area contributed by atoms with Gasteiger partial charge in [0.25, 0.3) is 0 Å². The van der Waals surface area contributed by atoms with Gasteiger partial charge in [-0.25, -0.2) is 8.78 Å². The summed E-state index contributed by atoms with van der Waals surface area (Å²) in [5.41, 5.74) is 0.536. The Hall–Kier alpha value is -2.14. The molecule has 0 saturated carbocycles. The van der Waals surface area contributed by atoms with Crippen molar-refractivity contribution >= 4 is 5.69 Å². The number of aliphatic hydroxyl groups is 1. The standard InChI is InChI=1S/C14H13F2NO2/c15-10-5-9(6-11(19)7-10)14(8-18)17-13-4-2-1-3-12(13)16/h1-7,14,17-19H,8H2. The molecule has 0 aliphatic rings. The van der Waals surface area contributed by atoms with Gasteiger partial charge in [0.05, 0.1) is 18.3 Å². The van der Waals surface area contributed by atoms with Crippen molar-refractivity contribution < 1.29 is 19.0 Å². The number of hydrogen-bond donors (Lipinski definition) is 3. The Morgan fingerprint density at radius 2 is 1.84 bits per heavy atom. The summed E-state index contributed by atoms with van der Waals surface area (Å²) >= 11 is 0. The second-order valence-corrected chi connectivity index (χ2v) is 4.10. The van der Waals surface area contributed by atoms with Crippen LogP contribution in [0.4, 0.5) is 14.5 Å². The van der Waals surface area contributed by atoms with Gasteiger partial charge in [0.1, 0.15) is 17.4 Å². The molecule has 0 aromatic heterocycles. The second kappa shape index (κ2) is 5.67. The fourth-order valence-corrected chi connectivity index (χ4v) is 1.80. The lowest BCUT2D eigenvalue weighted by Crippen LogP contribution is -2.15. The van der Waals surface area contributed by atoms with Gasteiger partial charge in [-0.15, -0.1) is 0 Å². The number of benzene rings is 2. The molecule has 3 nitrogen and oxygen atoms in total. The Morgan fingerprint density at radius 1 is 1.11 bits per heavy atom. The molecule has 1 unspecified atom stereocenters. The Labute approximate surface area is 109 Å². The molecule has 2 aromatic rings. The molecule has 3 N–H and O–H groups in total. The molecule has 0 saturated heterocycles. The largest absolute Gasteiger partial charge is 0.508 e. The number of phenolic OH excluding ortho intramolecular Hbond substituents is 1. The van der Waals surface area contributed by atoms with Gasteiger partial charge in [0, 0.05) is 6.07 Å². The number of nitrogens with one attached hydrogen (secondary N) is 1. The van der Waals surface area contributed by atoms with E-state index in [0.29, 0.717) is 5.56 Å². The lowest BCUT2D eigenvalue weighted by Gasteiger charge is -2.18. The first kappa shape index (κ1) is 13.3. The van der Waals surface area contributed by atoms with E-state index in [4.69, 9.17) is 0 Å². The number of halogens is 2. The Bertz CT molecular complexity index is 555. The topological polar surface area (TPSA) is 52.5 Å². The molecule has 100 valence electrons. The van der Waals surface area contributed by atoms with Gasteiger partial charge in [-0.1, -0.05) is 12.1 Å². The summed E-state index contributed by atoms with van der Waals surface area (Å²) in [4.78, 5) is 0. The molecule has 0 aliphatic heterocycles. The maximum Gasteiger partial charge on any atom is 0.146 e. The molecule has 0 spiro atoms. The highest BCUT2D eigenvalue weighted by atomic mass is 19.1. The quantitative estimate of drug-likeness (QED) is 0.796. The van der Waals surface area contributed by atoms with E-state index >= 15 is 0 Å². The lowest BCUT2D eigenvalue weighted by atomic mass is 10.1. The van der Waals surface area contributed by atoms with E-state index in [9.17, 15) is 19.0 Å². The van der Waals surface area contributed by atoms with Crippen LogP contribution < -0.4 is 5.32 Å². The van der Waals surface area contributed by atoms with Crippen LogP contribution in [0.2, 0.25) is 0 Å². The van der Waals surface area contributed by atoms with E-state index in [1.165, 1.54) is 24.3 Å². The van der Waals surface area contributed by atoms with Crippen LogP contribution in [-0.4, -0.2) is 16.8 Å². The van der Waals surface area contributed by atoms with Crippen LogP contribution in [-0.2, 0) is 0 Å². The fraction of sp³-hybridized carbons (Fsp3) is 0.143. The molecule has 0 fully saturated rings. The molecule has 0 amide bonds. The van der Waals surface area contributed by atoms with Crippen molar-refractivity contribution in [2.75, 3.05) is 11.9 Å². The van der Waals surface area contributed by atoms with Crippen LogP contribution in [0.1, 0.15) is 11.6 Å². The molecular weight excluding hydrogens is 252 g/mol. The maximum atomic E-state index is 13.5. The Balaban J connectivity index is 2.28. The summed E-state index contributed by atoms with van der Waals surface area (Å²) in [6.45, 7) is -0.364. The molecule has 5 heteroatoms.